The van der Waals surface area contributed by atoms with Gasteiger partial charge >= 0.3 is 0 Å². The zero-order valence-electron chi connectivity index (χ0n) is 10.8. The molecule has 0 bridgehead atoms. The Morgan fingerprint density at radius 3 is 3.11 bits per heavy atom. The van der Waals surface area contributed by atoms with E-state index in [-0.39, 0.29) is 11.5 Å². The lowest BCUT2D eigenvalue weighted by molar-refractivity contribution is 0.0981. The van der Waals surface area contributed by atoms with Gasteiger partial charge in [0.2, 0.25) is 0 Å². The van der Waals surface area contributed by atoms with Crippen molar-refractivity contribution >= 4 is 11.3 Å². The van der Waals surface area contributed by atoms with Crippen molar-refractivity contribution in [3.05, 3.63) is 40.1 Å². The van der Waals surface area contributed by atoms with Crippen LogP contribution in [0.25, 0.3) is 0 Å². The van der Waals surface area contributed by atoms with Crippen molar-refractivity contribution in [3.63, 3.8) is 0 Å². The zero-order valence-corrected chi connectivity index (χ0v) is 11.6. The van der Waals surface area contributed by atoms with Crippen LogP contribution in [0.1, 0.15) is 42.5 Å². The summed E-state index contributed by atoms with van der Waals surface area (Å²) < 4.78 is 2.26. The Morgan fingerprint density at radius 2 is 2.39 bits per heavy atom. The Labute approximate surface area is 111 Å². The first-order chi connectivity index (χ1) is 8.55. The van der Waals surface area contributed by atoms with Gasteiger partial charge in [0, 0.05) is 28.5 Å². The molecule has 0 aliphatic heterocycles. The van der Waals surface area contributed by atoms with E-state index < -0.39 is 0 Å². The lowest BCUT2D eigenvalue weighted by Crippen LogP contribution is -2.26. The van der Waals surface area contributed by atoms with E-state index in [2.05, 4.69) is 35.7 Å². The fraction of sp³-hybridized carbons (Fsp3) is 0.500. The van der Waals surface area contributed by atoms with Gasteiger partial charge in [-0.05, 0) is 24.3 Å². The summed E-state index contributed by atoms with van der Waals surface area (Å²) in [5.74, 6) is 0. The van der Waals surface area contributed by atoms with Gasteiger partial charge in [-0.2, -0.15) is 0 Å². The van der Waals surface area contributed by atoms with E-state index in [4.69, 9.17) is 0 Å². The molecule has 1 N–H and O–H groups in total. The predicted molar refractivity (Wildman–Crippen MR) is 72.7 cm³/mol. The molecule has 3 rings (SSSR count). The molecule has 0 saturated carbocycles. The summed E-state index contributed by atoms with van der Waals surface area (Å²) in [6.45, 7) is 5.31. The molecule has 0 radical (unpaired) electrons. The van der Waals surface area contributed by atoms with Crippen molar-refractivity contribution in [1.29, 1.82) is 0 Å². The lowest BCUT2D eigenvalue weighted by atomic mass is 9.75. The average molecular weight is 262 g/mol. The number of aliphatic hydroxyl groups excluding tert-OH is 1. The maximum atomic E-state index is 10.2. The van der Waals surface area contributed by atoms with E-state index in [0.29, 0.717) is 0 Å². The highest BCUT2D eigenvalue weighted by atomic mass is 32.1. The number of aromatic nitrogens is 2. The molecule has 18 heavy (non-hydrogen) atoms. The molecule has 0 saturated heterocycles. The maximum Gasteiger partial charge on any atom is 0.0812 e. The Morgan fingerprint density at radius 1 is 1.56 bits per heavy atom. The van der Waals surface area contributed by atoms with Crippen LogP contribution >= 0.6 is 11.3 Å². The smallest absolute Gasteiger partial charge is 0.0812 e. The molecule has 1 unspecified atom stereocenters. The molecular weight excluding hydrogens is 244 g/mol. The quantitative estimate of drug-likeness (QED) is 0.903. The van der Waals surface area contributed by atoms with Crippen LogP contribution in [0.4, 0.5) is 0 Å². The van der Waals surface area contributed by atoms with Gasteiger partial charge < -0.3 is 9.67 Å². The highest BCUT2D eigenvalue weighted by molar-refractivity contribution is 7.09. The first kappa shape index (κ1) is 11.9. The van der Waals surface area contributed by atoms with Crippen LogP contribution in [0, 0.1) is 5.41 Å². The molecule has 1 atom stereocenters. The van der Waals surface area contributed by atoms with Crippen molar-refractivity contribution in [2.75, 3.05) is 0 Å². The summed E-state index contributed by atoms with van der Waals surface area (Å²) in [6, 6.07) is 2.07. The number of fused-ring (bicyclic) bond motifs is 1. The monoisotopic (exact) mass is 262 g/mol. The summed E-state index contributed by atoms with van der Waals surface area (Å²) in [4.78, 5) is 5.37. The highest BCUT2D eigenvalue weighted by Crippen LogP contribution is 2.41. The van der Waals surface area contributed by atoms with Crippen LogP contribution in [-0.2, 0) is 13.0 Å². The number of hydrogen-bond donors (Lipinski definition) is 1. The molecular formula is C14H18N2OS. The number of rotatable bonds is 2. The molecule has 0 spiro atoms. The molecule has 0 aromatic carbocycles. The first-order valence-corrected chi connectivity index (χ1v) is 7.16. The molecule has 1 aliphatic carbocycles. The standard InChI is InChI=1S/C14H18N2OS/c1-14(2)5-12-11(13(17)6-14)3-4-16(12)8-10-7-15-9-18-10/h3-4,7,9,13,17H,5-6,8H2,1-2H3. The molecule has 0 amide bonds. The minimum absolute atomic E-state index is 0.177. The van der Waals surface area contributed by atoms with E-state index >= 15 is 0 Å². The Bertz CT molecular complexity index is 542. The molecule has 2 aromatic heterocycles. The third-order valence-corrected chi connectivity index (χ3v) is 4.44. The largest absolute Gasteiger partial charge is 0.388 e. The second kappa shape index (κ2) is 4.21. The maximum absolute atomic E-state index is 10.2. The van der Waals surface area contributed by atoms with E-state index in [1.54, 1.807) is 11.3 Å². The van der Waals surface area contributed by atoms with Crippen LogP contribution in [0.5, 0.6) is 0 Å². The fourth-order valence-electron chi connectivity index (χ4n) is 2.82. The molecule has 3 nitrogen and oxygen atoms in total. The summed E-state index contributed by atoms with van der Waals surface area (Å²) in [5.41, 5.74) is 4.44. The van der Waals surface area contributed by atoms with E-state index in [0.717, 1.165) is 24.9 Å². The lowest BCUT2D eigenvalue weighted by Gasteiger charge is -2.33. The molecule has 2 aromatic rings. The summed E-state index contributed by atoms with van der Waals surface area (Å²) in [5, 5.41) is 10.2. The summed E-state index contributed by atoms with van der Waals surface area (Å²) >= 11 is 1.68. The molecule has 2 heterocycles. The van der Waals surface area contributed by atoms with E-state index in [1.165, 1.54) is 10.6 Å². The summed E-state index contributed by atoms with van der Waals surface area (Å²) in [7, 11) is 0. The van der Waals surface area contributed by atoms with Gasteiger partial charge in [0.1, 0.15) is 0 Å². The zero-order chi connectivity index (χ0) is 12.8. The van der Waals surface area contributed by atoms with E-state index in [9.17, 15) is 5.11 Å². The van der Waals surface area contributed by atoms with Gasteiger partial charge in [0.05, 0.1) is 18.2 Å². The SMILES string of the molecule is CC1(C)Cc2c(ccn2Cc2cncs2)C(O)C1. The van der Waals surface area contributed by atoms with Crippen LogP contribution in [0.15, 0.2) is 24.0 Å². The third-order valence-electron chi connectivity index (χ3n) is 3.67. The Balaban J connectivity index is 1.94. The normalized spacial score (nSPS) is 21.8. The highest BCUT2D eigenvalue weighted by Gasteiger charge is 2.33. The molecule has 1 aliphatic rings. The van der Waals surface area contributed by atoms with Gasteiger partial charge in [0.25, 0.3) is 0 Å². The van der Waals surface area contributed by atoms with Crippen LogP contribution < -0.4 is 0 Å². The Hall–Kier alpha value is -1.13. The van der Waals surface area contributed by atoms with Gasteiger partial charge in [-0.3, -0.25) is 4.98 Å². The Kier molecular flexibility index (Phi) is 2.79. The number of nitrogens with zero attached hydrogens (tertiary/aromatic N) is 2. The fourth-order valence-corrected chi connectivity index (χ4v) is 3.42. The number of aliphatic hydroxyl groups is 1. The van der Waals surface area contributed by atoms with Gasteiger partial charge in [-0.1, -0.05) is 13.8 Å². The minimum Gasteiger partial charge on any atom is -0.388 e. The minimum atomic E-state index is -0.313. The van der Waals surface area contributed by atoms with Gasteiger partial charge in [-0.15, -0.1) is 11.3 Å². The molecule has 96 valence electrons. The predicted octanol–water partition coefficient (Wildman–Crippen LogP) is 3.00. The first-order valence-electron chi connectivity index (χ1n) is 6.28. The number of thiazole rings is 1. The van der Waals surface area contributed by atoms with Crippen LogP contribution in [0.3, 0.4) is 0 Å². The topological polar surface area (TPSA) is 38.0 Å². The molecule has 4 heteroatoms. The van der Waals surface area contributed by atoms with Gasteiger partial charge in [0.15, 0.2) is 0 Å². The second-order valence-electron chi connectivity index (χ2n) is 5.87. The van der Waals surface area contributed by atoms with E-state index in [1.807, 2.05) is 11.7 Å². The average Bonchev–Trinajstić information content (AvgIpc) is 2.88. The van der Waals surface area contributed by atoms with Crippen molar-refractivity contribution in [3.8, 4) is 0 Å². The van der Waals surface area contributed by atoms with Crippen molar-refractivity contribution in [1.82, 2.24) is 9.55 Å². The van der Waals surface area contributed by atoms with Crippen LogP contribution in [-0.4, -0.2) is 14.7 Å². The van der Waals surface area contributed by atoms with Crippen molar-refractivity contribution in [2.24, 2.45) is 5.41 Å². The second-order valence-corrected chi connectivity index (χ2v) is 6.85. The third kappa shape index (κ3) is 2.10. The van der Waals surface area contributed by atoms with Crippen molar-refractivity contribution in [2.45, 2.75) is 39.3 Å². The number of hydrogen-bond acceptors (Lipinski definition) is 3. The summed E-state index contributed by atoms with van der Waals surface area (Å²) in [6.07, 6.45) is 5.58. The van der Waals surface area contributed by atoms with Crippen LogP contribution in [0.2, 0.25) is 0 Å². The van der Waals surface area contributed by atoms with Crippen molar-refractivity contribution < 1.29 is 5.11 Å². The molecule has 0 fully saturated rings. The van der Waals surface area contributed by atoms with Gasteiger partial charge in [-0.25, -0.2) is 0 Å².